The Morgan fingerprint density at radius 1 is 1.36 bits per heavy atom. The maximum absolute atomic E-state index is 11.6. The number of carbonyl (C=O) groups is 2. The fraction of sp³-hybridized carbons (Fsp3) is 0.846. The molecule has 0 aromatic rings. The second-order valence-electron chi connectivity index (χ2n) is 5.57. The number of rotatable bonds is 9. The molecule has 1 amide bonds. The lowest BCUT2D eigenvalue weighted by molar-refractivity contribution is -0.139. The van der Waals surface area contributed by atoms with Crippen LogP contribution in [-0.4, -0.2) is 58.4 Å². The molecule has 0 spiro atoms. The molecule has 0 saturated heterocycles. The summed E-state index contributed by atoms with van der Waals surface area (Å²) < 4.78 is 5.05. The van der Waals surface area contributed by atoms with Gasteiger partial charge >= 0.3 is 12.1 Å². The van der Waals surface area contributed by atoms with Gasteiger partial charge in [0.05, 0.1) is 0 Å². The maximum atomic E-state index is 11.6. The van der Waals surface area contributed by atoms with Crippen LogP contribution in [0.1, 0.15) is 34.1 Å². The van der Waals surface area contributed by atoms with Crippen LogP contribution < -0.4 is 11.2 Å². The van der Waals surface area contributed by atoms with Gasteiger partial charge in [0.15, 0.2) is 0 Å². The van der Waals surface area contributed by atoms with Crippen LogP contribution in [0.5, 0.6) is 0 Å². The predicted octanol–water partition coefficient (Wildman–Crippen LogP) is 1.70. The monoisotopic (exact) mass is 357 g/mol. The number of hydrogen-bond donors (Lipinski definition) is 3. The van der Waals surface area contributed by atoms with Gasteiger partial charge in [0.1, 0.15) is 11.6 Å². The Kier molecular flexibility index (Phi) is 12.7. The zero-order valence-electron chi connectivity index (χ0n) is 13.6. The van der Waals surface area contributed by atoms with Crippen molar-refractivity contribution in [2.45, 2.75) is 45.8 Å². The second-order valence-corrected chi connectivity index (χ2v) is 6.79. The van der Waals surface area contributed by atoms with Gasteiger partial charge in [-0.1, -0.05) is 6.92 Å². The van der Waals surface area contributed by atoms with Crippen molar-refractivity contribution < 1.29 is 19.4 Å². The van der Waals surface area contributed by atoms with E-state index in [1.165, 1.54) is 0 Å². The average molecular weight is 358 g/mol. The summed E-state index contributed by atoms with van der Waals surface area (Å²) in [7, 11) is 0. The Hall–Kier alpha value is -0.700. The number of carboxylic acid groups (broad SMARTS) is 1. The minimum Gasteiger partial charge on any atom is -0.480 e. The van der Waals surface area contributed by atoms with Crippen LogP contribution in [0.2, 0.25) is 0 Å². The first-order valence-corrected chi connectivity index (χ1v) is 8.11. The standard InChI is InChI=1S/C13H27N3O4S.ClH/c1-5-16(14)7-9-21-8-6-10(11(17)18)15-12(19)20-13(2,3)4;/h10H,5-9,14H2,1-4H3,(H,15,19)(H,17,18);1H/t10-;/m0./s1. The summed E-state index contributed by atoms with van der Waals surface area (Å²) in [4.78, 5) is 22.7. The summed E-state index contributed by atoms with van der Waals surface area (Å²) in [5.74, 6) is 6.03. The van der Waals surface area contributed by atoms with E-state index in [9.17, 15) is 9.59 Å². The molecule has 22 heavy (non-hydrogen) atoms. The summed E-state index contributed by atoms with van der Waals surface area (Å²) in [5, 5.41) is 13.2. The molecule has 0 bridgehead atoms. The van der Waals surface area contributed by atoms with Gasteiger partial charge in [0.2, 0.25) is 0 Å². The van der Waals surface area contributed by atoms with Crippen LogP contribution in [0.3, 0.4) is 0 Å². The van der Waals surface area contributed by atoms with Crippen molar-refractivity contribution in [3.8, 4) is 0 Å². The molecule has 1 atom stereocenters. The number of ether oxygens (including phenoxy) is 1. The highest BCUT2D eigenvalue weighted by Gasteiger charge is 2.23. The first-order chi connectivity index (χ1) is 9.65. The van der Waals surface area contributed by atoms with Gasteiger partial charge in [-0.15, -0.1) is 12.4 Å². The number of thioether (sulfide) groups is 1. The third kappa shape index (κ3) is 13.0. The predicted molar refractivity (Wildman–Crippen MR) is 91.4 cm³/mol. The van der Waals surface area contributed by atoms with Gasteiger partial charge in [-0.2, -0.15) is 11.8 Å². The molecular weight excluding hydrogens is 330 g/mol. The lowest BCUT2D eigenvalue weighted by Gasteiger charge is -2.22. The number of carboxylic acids is 1. The Balaban J connectivity index is 0. The normalized spacial score (nSPS) is 12.5. The minimum absolute atomic E-state index is 0. The van der Waals surface area contributed by atoms with Gasteiger partial charge in [0.25, 0.3) is 0 Å². The number of carbonyl (C=O) groups excluding carboxylic acids is 1. The van der Waals surface area contributed by atoms with Crippen LogP contribution in [-0.2, 0) is 9.53 Å². The van der Waals surface area contributed by atoms with Gasteiger partial charge < -0.3 is 15.2 Å². The molecule has 0 aliphatic carbocycles. The number of halogens is 1. The van der Waals surface area contributed by atoms with Gasteiger partial charge in [0, 0.05) is 18.8 Å². The van der Waals surface area contributed by atoms with E-state index in [4.69, 9.17) is 15.7 Å². The number of hydrazine groups is 1. The summed E-state index contributed by atoms with van der Waals surface area (Å²) >= 11 is 1.61. The van der Waals surface area contributed by atoms with Gasteiger partial charge in [-0.3, -0.25) is 5.84 Å². The lowest BCUT2D eigenvalue weighted by atomic mass is 10.2. The molecule has 4 N–H and O–H groups in total. The third-order valence-corrected chi connectivity index (χ3v) is 3.46. The molecule has 0 unspecified atom stereocenters. The molecular formula is C13H28ClN3O4S. The topological polar surface area (TPSA) is 105 Å². The number of nitrogens with zero attached hydrogens (tertiary/aromatic N) is 1. The summed E-state index contributed by atoms with van der Waals surface area (Å²) in [5.41, 5.74) is -0.646. The Labute approximate surface area is 142 Å². The van der Waals surface area contributed by atoms with Crippen LogP contribution in [0.4, 0.5) is 4.79 Å². The molecule has 0 aromatic heterocycles. The second kappa shape index (κ2) is 11.8. The number of nitrogens with two attached hydrogens (primary N) is 1. The average Bonchev–Trinajstić information content (AvgIpc) is 2.34. The van der Waals surface area contributed by atoms with Crippen LogP contribution in [0.15, 0.2) is 0 Å². The summed E-state index contributed by atoms with van der Waals surface area (Å²) in [6.07, 6.45) is -0.366. The fourth-order valence-electron chi connectivity index (χ4n) is 1.35. The Morgan fingerprint density at radius 3 is 2.41 bits per heavy atom. The Morgan fingerprint density at radius 2 is 1.95 bits per heavy atom. The molecule has 0 heterocycles. The van der Waals surface area contributed by atoms with Crippen molar-refractivity contribution in [3.05, 3.63) is 0 Å². The lowest BCUT2D eigenvalue weighted by Crippen LogP contribution is -2.43. The third-order valence-electron chi connectivity index (χ3n) is 2.47. The molecule has 9 heteroatoms. The highest BCUT2D eigenvalue weighted by molar-refractivity contribution is 7.99. The number of alkyl carbamates (subject to hydrolysis) is 1. The zero-order valence-corrected chi connectivity index (χ0v) is 15.3. The number of nitrogens with one attached hydrogen (secondary N) is 1. The first-order valence-electron chi connectivity index (χ1n) is 6.95. The van der Waals surface area contributed by atoms with Crippen molar-refractivity contribution in [1.29, 1.82) is 0 Å². The largest absolute Gasteiger partial charge is 0.480 e. The summed E-state index contributed by atoms with van der Waals surface area (Å²) in [6.45, 7) is 8.67. The van der Waals surface area contributed by atoms with E-state index in [0.29, 0.717) is 12.2 Å². The molecule has 7 nitrogen and oxygen atoms in total. The highest BCUT2D eigenvalue weighted by atomic mass is 35.5. The molecule has 0 fully saturated rings. The van der Waals surface area contributed by atoms with Crippen LogP contribution in [0, 0.1) is 0 Å². The number of amides is 1. The van der Waals surface area contributed by atoms with Gasteiger partial charge in [-0.05, 0) is 32.9 Å². The van der Waals surface area contributed by atoms with E-state index >= 15 is 0 Å². The van der Waals surface area contributed by atoms with E-state index in [1.807, 2.05) is 6.92 Å². The SMILES string of the molecule is CCN(N)CCSCC[C@H](NC(=O)OC(C)(C)C)C(=O)O.Cl. The van der Waals surface area contributed by atoms with Gasteiger partial charge in [-0.25, -0.2) is 14.6 Å². The van der Waals surface area contributed by atoms with E-state index in [0.717, 1.165) is 18.8 Å². The molecule has 0 aromatic carbocycles. The van der Waals surface area contributed by atoms with Crippen LogP contribution >= 0.6 is 24.2 Å². The van der Waals surface area contributed by atoms with Crippen molar-refractivity contribution in [2.24, 2.45) is 5.84 Å². The van der Waals surface area contributed by atoms with Crippen molar-refractivity contribution in [1.82, 2.24) is 10.3 Å². The van der Waals surface area contributed by atoms with E-state index in [2.05, 4.69) is 5.32 Å². The van der Waals surface area contributed by atoms with E-state index < -0.39 is 23.7 Å². The van der Waals surface area contributed by atoms with E-state index in [-0.39, 0.29) is 12.4 Å². The molecule has 0 rings (SSSR count). The molecule has 132 valence electrons. The Bertz CT molecular complexity index is 340. The van der Waals surface area contributed by atoms with Crippen molar-refractivity contribution in [2.75, 3.05) is 24.6 Å². The fourth-order valence-corrected chi connectivity index (χ4v) is 2.32. The maximum Gasteiger partial charge on any atom is 0.408 e. The smallest absolute Gasteiger partial charge is 0.408 e. The molecule has 0 aliphatic rings. The number of aliphatic carboxylic acids is 1. The van der Waals surface area contributed by atoms with E-state index in [1.54, 1.807) is 37.5 Å². The van der Waals surface area contributed by atoms with Crippen LogP contribution in [0.25, 0.3) is 0 Å². The molecule has 0 radical (unpaired) electrons. The van der Waals surface area contributed by atoms with Crippen molar-refractivity contribution >= 4 is 36.2 Å². The highest BCUT2D eigenvalue weighted by Crippen LogP contribution is 2.09. The minimum atomic E-state index is -1.06. The first kappa shape index (κ1) is 23.6. The quantitative estimate of drug-likeness (QED) is 0.327. The number of hydrogen-bond acceptors (Lipinski definition) is 6. The molecule has 0 aliphatic heterocycles. The molecule has 0 saturated carbocycles. The van der Waals surface area contributed by atoms with Crippen molar-refractivity contribution in [3.63, 3.8) is 0 Å². The summed E-state index contributed by atoms with van der Waals surface area (Å²) in [6, 6.07) is -0.937. The zero-order chi connectivity index (χ0) is 16.5.